The van der Waals surface area contributed by atoms with Crippen molar-refractivity contribution in [2.24, 2.45) is 0 Å². The zero-order valence-electron chi connectivity index (χ0n) is 13.2. The lowest BCUT2D eigenvalue weighted by molar-refractivity contribution is -0.380. The molecule has 0 fully saturated rings. The number of rotatable bonds is 5. The first-order valence-corrected chi connectivity index (χ1v) is 8.38. The normalized spacial score (nSPS) is 10.4. The molecule has 6 nitrogen and oxygen atoms in total. The molecule has 1 heterocycles. The number of pyridine rings is 1. The standard InChI is InChI=1S/C16H14Cl3N3O3/c1-2-8-3-5-9(6-4-8)21-10(23)7-25-16(24)14-11(17)13(20)12(18)15(19)22-14/h3-6H,2,7H2,1H3,(H2,20,22)(H,21,23)/p+1. The highest BCUT2D eigenvalue weighted by atomic mass is 35.5. The van der Waals surface area contributed by atoms with Crippen LogP contribution in [0.2, 0.25) is 15.2 Å². The Kier molecular flexibility index (Phi) is 6.47. The number of aryl methyl sites for hydroxylation is 1. The van der Waals surface area contributed by atoms with Gasteiger partial charge in [0.1, 0.15) is 10.0 Å². The van der Waals surface area contributed by atoms with E-state index in [1.54, 1.807) is 12.1 Å². The molecule has 0 aliphatic rings. The summed E-state index contributed by atoms with van der Waals surface area (Å²) >= 11 is 17.6. The number of halogens is 3. The minimum Gasteiger partial charge on any atom is -0.448 e. The molecule has 1 aromatic carbocycles. The number of amides is 1. The number of carbonyl (C=O) groups excluding carboxylic acids is 2. The van der Waals surface area contributed by atoms with Crippen molar-refractivity contribution in [2.75, 3.05) is 17.7 Å². The Bertz CT molecular complexity index is 811. The fourth-order valence-corrected chi connectivity index (χ4v) is 2.54. The molecule has 0 aliphatic heterocycles. The van der Waals surface area contributed by atoms with Crippen LogP contribution in [0.4, 0.5) is 11.4 Å². The van der Waals surface area contributed by atoms with Gasteiger partial charge in [-0.2, -0.15) is 4.98 Å². The summed E-state index contributed by atoms with van der Waals surface area (Å²) in [6, 6.07) is 7.33. The number of nitrogen functional groups attached to an aromatic ring is 1. The van der Waals surface area contributed by atoms with Crippen LogP contribution in [0.1, 0.15) is 23.0 Å². The fraction of sp³-hybridized carbons (Fsp3) is 0.188. The number of ether oxygens (including phenoxy) is 1. The number of aromatic nitrogens is 1. The van der Waals surface area contributed by atoms with Gasteiger partial charge in [-0.15, -0.1) is 0 Å². The van der Waals surface area contributed by atoms with Crippen molar-refractivity contribution < 1.29 is 19.3 Å². The molecule has 9 heteroatoms. The molecule has 2 rings (SSSR count). The SMILES string of the molecule is CCc1ccc(NC(=O)COC(=O)c2[nH+]c(Cl)c(Cl)c(N)c2Cl)cc1. The maximum absolute atomic E-state index is 12.0. The number of hydrogen-bond donors (Lipinski definition) is 2. The molecule has 132 valence electrons. The van der Waals surface area contributed by atoms with Crippen LogP contribution in [0.25, 0.3) is 0 Å². The zero-order chi connectivity index (χ0) is 18.6. The van der Waals surface area contributed by atoms with Crippen molar-refractivity contribution in [3.63, 3.8) is 0 Å². The number of H-pyrrole nitrogens is 1. The minimum atomic E-state index is -0.883. The molecule has 0 atom stereocenters. The lowest BCUT2D eigenvalue weighted by Gasteiger charge is -2.07. The van der Waals surface area contributed by atoms with Gasteiger partial charge in [0.05, 0.1) is 5.69 Å². The molecule has 0 aliphatic carbocycles. The summed E-state index contributed by atoms with van der Waals surface area (Å²) in [5.74, 6) is -1.38. The van der Waals surface area contributed by atoms with Gasteiger partial charge in [0.25, 0.3) is 11.1 Å². The number of carbonyl (C=O) groups is 2. The van der Waals surface area contributed by atoms with Gasteiger partial charge in [-0.25, -0.2) is 4.79 Å². The summed E-state index contributed by atoms with van der Waals surface area (Å²) in [4.78, 5) is 26.4. The summed E-state index contributed by atoms with van der Waals surface area (Å²) in [7, 11) is 0. The van der Waals surface area contributed by atoms with E-state index >= 15 is 0 Å². The average molecular weight is 404 g/mol. The predicted molar refractivity (Wildman–Crippen MR) is 97.2 cm³/mol. The molecule has 0 saturated heterocycles. The minimum absolute atomic E-state index is 0.00325. The highest BCUT2D eigenvalue weighted by Gasteiger charge is 2.27. The third kappa shape index (κ3) is 4.75. The third-order valence-electron chi connectivity index (χ3n) is 3.30. The molecule has 4 N–H and O–H groups in total. The molecule has 0 saturated carbocycles. The van der Waals surface area contributed by atoms with Crippen molar-refractivity contribution in [1.29, 1.82) is 0 Å². The largest absolute Gasteiger partial charge is 0.448 e. The topological polar surface area (TPSA) is 95.6 Å². The molecule has 1 amide bonds. The second-order valence-corrected chi connectivity index (χ2v) is 6.16. The molecule has 0 radical (unpaired) electrons. The van der Waals surface area contributed by atoms with E-state index in [-0.39, 0.29) is 26.6 Å². The Morgan fingerprint density at radius 2 is 1.80 bits per heavy atom. The third-order valence-corrected chi connectivity index (χ3v) is 4.47. The monoisotopic (exact) mass is 402 g/mol. The molecular formula is C16H15Cl3N3O3+. The van der Waals surface area contributed by atoms with Gasteiger partial charge in [-0.1, -0.05) is 42.3 Å². The number of esters is 1. The number of anilines is 2. The summed E-state index contributed by atoms with van der Waals surface area (Å²) < 4.78 is 4.91. The summed E-state index contributed by atoms with van der Waals surface area (Å²) in [6.45, 7) is 1.53. The number of aromatic amines is 1. The van der Waals surface area contributed by atoms with E-state index in [4.69, 9.17) is 45.3 Å². The van der Waals surface area contributed by atoms with E-state index in [0.29, 0.717) is 5.69 Å². The van der Waals surface area contributed by atoms with Gasteiger partial charge >= 0.3 is 11.7 Å². The number of hydrogen-bond acceptors (Lipinski definition) is 4. The molecule has 25 heavy (non-hydrogen) atoms. The van der Waals surface area contributed by atoms with Crippen LogP contribution in [-0.4, -0.2) is 18.5 Å². The first kappa shape index (κ1) is 19.3. The van der Waals surface area contributed by atoms with Gasteiger partial charge in [0.15, 0.2) is 6.61 Å². The molecule has 0 bridgehead atoms. The average Bonchev–Trinajstić information content (AvgIpc) is 2.61. The van der Waals surface area contributed by atoms with E-state index < -0.39 is 18.5 Å². The van der Waals surface area contributed by atoms with E-state index in [2.05, 4.69) is 10.3 Å². The highest BCUT2D eigenvalue weighted by molar-refractivity contribution is 6.45. The smallest absolute Gasteiger partial charge is 0.405 e. The molecule has 2 aromatic rings. The first-order chi connectivity index (χ1) is 11.8. The lowest BCUT2D eigenvalue weighted by atomic mass is 10.1. The Morgan fingerprint density at radius 3 is 2.40 bits per heavy atom. The van der Waals surface area contributed by atoms with E-state index in [0.717, 1.165) is 12.0 Å². The van der Waals surface area contributed by atoms with Crippen molar-refractivity contribution >= 4 is 58.1 Å². The predicted octanol–water partition coefficient (Wildman–Crippen LogP) is 3.40. The summed E-state index contributed by atoms with van der Waals surface area (Å²) in [5, 5.41) is 2.42. The number of nitrogens with two attached hydrogens (primary N) is 1. The van der Waals surface area contributed by atoms with Crippen LogP contribution in [0.5, 0.6) is 0 Å². The van der Waals surface area contributed by atoms with Crippen molar-refractivity contribution in [3.8, 4) is 0 Å². The van der Waals surface area contributed by atoms with Gasteiger partial charge in [0, 0.05) is 5.69 Å². The molecule has 0 unspecified atom stereocenters. The first-order valence-electron chi connectivity index (χ1n) is 7.24. The maximum Gasteiger partial charge on any atom is 0.405 e. The molecular weight excluding hydrogens is 389 g/mol. The van der Waals surface area contributed by atoms with Gasteiger partial charge < -0.3 is 15.8 Å². The Labute approximate surface area is 159 Å². The van der Waals surface area contributed by atoms with E-state index in [9.17, 15) is 9.59 Å². The van der Waals surface area contributed by atoms with Crippen molar-refractivity contribution in [3.05, 3.63) is 50.7 Å². The maximum atomic E-state index is 12.0. The van der Waals surface area contributed by atoms with Crippen LogP contribution in [0.15, 0.2) is 24.3 Å². The molecule has 1 aromatic heterocycles. The van der Waals surface area contributed by atoms with Gasteiger partial charge in [0.2, 0.25) is 0 Å². The van der Waals surface area contributed by atoms with Crippen LogP contribution in [0.3, 0.4) is 0 Å². The fourth-order valence-electron chi connectivity index (χ4n) is 1.93. The lowest BCUT2D eigenvalue weighted by Crippen LogP contribution is -2.26. The van der Waals surface area contributed by atoms with E-state index in [1.807, 2.05) is 19.1 Å². The van der Waals surface area contributed by atoms with Crippen LogP contribution in [-0.2, 0) is 16.0 Å². The highest BCUT2D eigenvalue weighted by Crippen LogP contribution is 2.32. The second-order valence-electron chi connectivity index (χ2n) is 5.03. The van der Waals surface area contributed by atoms with Crippen LogP contribution >= 0.6 is 34.8 Å². The van der Waals surface area contributed by atoms with Crippen molar-refractivity contribution in [2.45, 2.75) is 13.3 Å². The number of nitrogens with one attached hydrogen (secondary N) is 2. The Balaban J connectivity index is 1.98. The summed E-state index contributed by atoms with van der Waals surface area (Å²) in [5.41, 5.74) is 7.15. The van der Waals surface area contributed by atoms with Crippen LogP contribution in [0, 0.1) is 0 Å². The Hall–Kier alpha value is -2.02. The second kappa shape index (κ2) is 8.38. The van der Waals surface area contributed by atoms with Crippen molar-refractivity contribution in [1.82, 2.24) is 0 Å². The molecule has 0 spiro atoms. The summed E-state index contributed by atoms with van der Waals surface area (Å²) in [6.07, 6.45) is 0.899. The van der Waals surface area contributed by atoms with Crippen LogP contribution < -0.4 is 16.0 Å². The zero-order valence-corrected chi connectivity index (χ0v) is 15.4. The quantitative estimate of drug-likeness (QED) is 0.591. The number of benzene rings is 1. The van der Waals surface area contributed by atoms with E-state index in [1.165, 1.54) is 0 Å². The van der Waals surface area contributed by atoms with Gasteiger partial charge in [-0.3, -0.25) is 4.79 Å². The Morgan fingerprint density at radius 1 is 1.16 bits per heavy atom. The van der Waals surface area contributed by atoms with Gasteiger partial charge in [-0.05, 0) is 35.7 Å².